The molecule has 9 heteroatoms. The van der Waals surface area contributed by atoms with E-state index < -0.39 is 6.10 Å². The van der Waals surface area contributed by atoms with E-state index in [0.717, 1.165) is 56.9 Å². The molecule has 0 aromatic rings. The maximum Gasteiger partial charge on any atom is 0.302 e. The largest absolute Gasteiger partial charge is 0.465 e. The molecule has 48 heavy (non-hydrogen) atoms. The van der Waals surface area contributed by atoms with E-state index in [0.29, 0.717) is 42.1 Å². The molecule has 5 saturated carbocycles. The van der Waals surface area contributed by atoms with Gasteiger partial charge in [0.2, 0.25) is 0 Å². The molecule has 7 rings (SSSR count). The Morgan fingerprint density at radius 3 is 2.46 bits per heavy atom. The van der Waals surface area contributed by atoms with Crippen LogP contribution in [0.2, 0.25) is 0 Å². The summed E-state index contributed by atoms with van der Waals surface area (Å²) < 4.78 is 25.3. The Kier molecular flexibility index (Phi) is 10.9. The van der Waals surface area contributed by atoms with Crippen molar-refractivity contribution >= 4 is 5.97 Å². The molecule has 1 spiro atoms. The summed E-state index contributed by atoms with van der Waals surface area (Å²) in [5, 5.41) is 24.1. The van der Waals surface area contributed by atoms with Crippen LogP contribution in [0.15, 0.2) is 0 Å². The molecule has 2 aliphatic heterocycles. The van der Waals surface area contributed by atoms with Crippen molar-refractivity contribution in [1.82, 2.24) is 0 Å². The molecule has 0 aromatic heterocycles. The second-order valence-corrected chi connectivity index (χ2v) is 17.8. The molecule has 7 fully saturated rings. The van der Waals surface area contributed by atoms with Gasteiger partial charge in [0.1, 0.15) is 6.17 Å². The second kappa shape index (κ2) is 14.7. The van der Waals surface area contributed by atoms with Crippen LogP contribution in [0.5, 0.6) is 0 Å². The minimum absolute atomic E-state index is 0.00888. The Morgan fingerprint density at radius 2 is 1.71 bits per heavy atom. The van der Waals surface area contributed by atoms with Gasteiger partial charge in [-0.15, -0.1) is 0 Å². The fraction of sp³-hybridized carbons (Fsp3) is 0.974. The van der Waals surface area contributed by atoms with Gasteiger partial charge >= 0.3 is 5.97 Å². The molecule has 14 unspecified atom stereocenters. The lowest BCUT2D eigenvalue weighted by Crippen LogP contribution is -2.97. The molecular formula is C39H67N2O7+. The summed E-state index contributed by atoms with van der Waals surface area (Å²) in [6.07, 6.45) is 14.7. The Labute approximate surface area is 289 Å². The van der Waals surface area contributed by atoms with Crippen LogP contribution in [0, 0.1) is 64.6 Å². The van der Waals surface area contributed by atoms with Crippen molar-refractivity contribution in [3.63, 3.8) is 0 Å². The van der Waals surface area contributed by atoms with Gasteiger partial charge in [-0.25, -0.2) is 0 Å². The normalized spacial score (nSPS) is 52.0. The Morgan fingerprint density at radius 1 is 0.917 bits per heavy atom. The van der Waals surface area contributed by atoms with Gasteiger partial charge in [0, 0.05) is 38.9 Å². The molecule has 0 amide bonds. The van der Waals surface area contributed by atoms with Gasteiger partial charge in [-0.3, -0.25) is 10.5 Å². The monoisotopic (exact) mass is 675 g/mol. The van der Waals surface area contributed by atoms with Gasteiger partial charge in [-0.1, -0.05) is 6.92 Å². The molecular weight excluding hydrogens is 608 g/mol. The van der Waals surface area contributed by atoms with Crippen molar-refractivity contribution in [3.05, 3.63) is 0 Å². The van der Waals surface area contributed by atoms with Gasteiger partial charge in [0.15, 0.2) is 0 Å². The highest BCUT2D eigenvalue weighted by atomic mass is 16.5. The van der Waals surface area contributed by atoms with E-state index in [1.807, 2.05) is 7.11 Å². The number of quaternary nitrogens is 1. The number of rotatable bonds is 8. The fourth-order valence-electron chi connectivity index (χ4n) is 13.6. The van der Waals surface area contributed by atoms with Crippen LogP contribution >= 0.6 is 0 Å². The smallest absolute Gasteiger partial charge is 0.302 e. The van der Waals surface area contributed by atoms with E-state index >= 15 is 0 Å². The number of hydrogen-bond acceptors (Lipinski definition) is 8. The molecule has 5 aliphatic carbocycles. The quantitative estimate of drug-likeness (QED) is 0.287. The van der Waals surface area contributed by atoms with E-state index in [9.17, 15) is 15.0 Å². The van der Waals surface area contributed by atoms with Crippen LogP contribution in [0.4, 0.5) is 0 Å². The van der Waals surface area contributed by atoms with Gasteiger partial charge in [-0.05, 0) is 137 Å². The van der Waals surface area contributed by atoms with Crippen LogP contribution < -0.4 is 11.1 Å². The predicted molar refractivity (Wildman–Crippen MR) is 181 cm³/mol. The highest BCUT2D eigenvalue weighted by Gasteiger charge is 2.65. The zero-order valence-electron chi connectivity index (χ0n) is 30.2. The number of methoxy groups -OCH3 is 2. The third-order valence-electron chi connectivity index (χ3n) is 15.5. The lowest BCUT2D eigenvalue weighted by Gasteiger charge is -2.61. The minimum Gasteiger partial charge on any atom is -0.465 e. The van der Waals surface area contributed by atoms with Crippen molar-refractivity contribution < 1.29 is 39.3 Å². The SMILES string of the molecule is CCC1CC(C[C@H]2CC[C@@]3(CC4CC(O)CC(OC)C4C4CCC5C(O[C@H](C6CCC(O)C(OC)C6)[C@H]5COC(C)=O)C43)C2)C[NH2+]C1N. The zero-order chi connectivity index (χ0) is 33.7. The first-order valence-corrected chi connectivity index (χ1v) is 19.9. The fourth-order valence-corrected chi connectivity index (χ4v) is 13.6. The number of nitrogens with two attached hydrogens (primary N) is 2. The Bertz CT molecular complexity index is 1110. The van der Waals surface area contributed by atoms with Crippen LogP contribution in [-0.4, -0.2) is 86.3 Å². The third-order valence-corrected chi connectivity index (χ3v) is 15.5. The average molecular weight is 676 g/mol. The first-order chi connectivity index (χ1) is 23.1. The van der Waals surface area contributed by atoms with Crippen molar-refractivity contribution in [2.24, 2.45) is 70.3 Å². The summed E-state index contributed by atoms with van der Waals surface area (Å²) in [6.45, 7) is 5.40. The van der Waals surface area contributed by atoms with Crippen LogP contribution in [0.25, 0.3) is 0 Å². The summed E-state index contributed by atoms with van der Waals surface area (Å²) in [5.74, 6) is 4.64. The van der Waals surface area contributed by atoms with Gasteiger partial charge < -0.3 is 34.5 Å². The highest BCUT2D eigenvalue weighted by molar-refractivity contribution is 5.65. The summed E-state index contributed by atoms with van der Waals surface area (Å²) in [6, 6.07) is 0. The van der Waals surface area contributed by atoms with Crippen LogP contribution in [0.1, 0.15) is 104 Å². The number of carbonyl (C=O) groups is 1. The van der Waals surface area contributed by atoms with Gasteiger partial charge in [-0.2, -0.15) is 0 Å². The van der Waals surface area contributed by atoms with E-state index in [4.69, 9.17) is 24.7 Å². The lowest BCUT2D eigenvalue weighted by molar-refractivity contribution is -0.710. The highest BCUT2D eigenvalue weighted by Crippen LogP contribution is 2.68. The Hall–Kier alpha value is -0.810. The van der Waals surface area contributed by atoms with E-state index in [-0.39, 0.29) is 59.9 Å². The minimum atomic E-state index is -0.432. The molecule has 2 saturated heterocycles. The summed E-state index contributed by atoms with van der Waals surface area (Å²) in [7, 11) is 3.56. The molecule has 18 atom stereocenters. The van der Waals surface area contributed by atoms with E-state index in [2.05, 4.69) is 12.2 Å². The zero-order valence-corrected chi connectivity index (χ0v) is 30.2. The number of carbonyl (C=O) groups excluding carboxylic acids is 1. The van der Waals surface area contributed by atoms with Crippen molar-refractivity contribution in [1.29, 1.82) is 0 Å². The van der Waals surface area contributed by atoms with Crippen molar-refractivity contribution in [3.8, 4) is 0 Å². The van der Waals surface area contributed by atoms with Gasteiger partial charge in [0.25, 0.3) is 0 Å². The molecule has 0 bridgehead atoms. The van der Waals surface area contributed by atoms with E-state index in [1.165, 1.54) is 58.3 Å². The third kappa shape index (κ3) is 6.65. The topological polar surface area (TPSA) is 137 Å². The number of hydrogen-bond donors (Lipinski definition) is 4. The summed E-state index contributed by atoms with van der Waals surface area (Å²) in [5.41, 5.74) is 6.70. The second-order valence-electron chi connectivity index (χ2n) is 17.8. The molecule has 9 nitrogen and oxygen atoms in total. The molecule has 7 aliphatic rings. The Balaban J connectivity index is 1.18. The lowest BCUT2D eigenvalue weighted by atomic mass is 9.45. The van der Waals surface area contributed by atoms with Crippen molar-refractivity contribution in [2.45, 2.75) is 147 Å². The number of esters is 1. The number of ether oxygens (including phenoxy) is 4. The summed E-state index contributed by atoms with van der Waals surface area (Å²) >= 11 is 0. The first kappa shape index (κ1) is 35.6. The maximum atomic E-state index is 12.2. The van der Waals surface area contributed by atoms with Crippen LogP contribution in [-0.2, 0) is 23.7 Å². The molecule has 0 aromatic carbocycles. The number of piperidine rings is 1. The average Bonchev–Trinajstić information content (AvgIpc) is 3.65. The summed E-state index contributed by atoms with van der Waals surface area (Å²) in [4.78, 5) is 12.2. The van der Waals surface area contributed by atoms with E-state index in [1.54, 1.807) is 7.11 Å². The molecule has 0 radical (unpaired) electrons. The number of aliphatic hydroxyl groups excluding tert-OH is 2. The molecule has 2 heterocycles. The van der Waals surface area contributed by atoms with Crippen molar-refractivity contribution in [2.75, 3.05) is 27.4 Å². The maximum absolute atomic E-state index is 12.2. The predicted octanol–water partition coefficient (Wildman–Crippen LogP) is 3.63. The number of aliphatic hydroxyl groups is 2. The molecule has 6 N–H and O–H groups in total. The standard InChI is InChI=1S/C39H66N2O7/c1-5-24-13-23(19-41-38(24)40)12-22-10-11-39(17-22)18-26-14-27(43)16-33(46-4)34(26)29-8-7-28-30(20-47-21(2)42)36(48-37(28)35(29)39)25-6-9-31(44)32(15-25)45-3/h22-38,41,43-44H,5-20,40H2,1-4H3/p+1/t22-,23?,24?,25?,26?,27?,28?,29?,30+,31?,32?,33?,34?,35?,36-,37?,38?,39+/m1/s1. The van der Waals surface area contributed by atoms with Gasteiger partial charge in [0.05, 0.1) is 49.8 Å². The van der Waals surface area contributed by atoms with Crippen LogP contribution in [0.3, 0.4) is 0 Å². The molecule has 274 valence electrons. The number of fused-ring (bicyclic) bond motifs is 6. The first-order valence-electron chi connectivity index (χ1n) is 19.9.